The topological polar surface area (TPSA) is 70.7 Å². The van der Waals surface area contributed by atoms with Crippen LogP contribution in [0.15, 0.2) is 95.0 Å². The molecular formula is C30H23ClN4O2S. The second-order valence-electron chi connectivity index (χ2n) is 8.98. The molecule has 6 rings (SSSR count). The van der Waals surface area contributed by atoms with Gasteiger partial charge >= 0.3 is 0 Å². The number of benzene rings is 3. The first-order chi connectivity index (χ1) is 18.5. The van der Waals surface area contributed by atoms with Crippen molar-refractivity contribution in [2.24, 2.45) is 4.99 Å². The predicted molar refractivity (Wildman–Crippen MR) is 156 cm³/mol. The van der Waals surface area contributed by atoms with Gasteiger partial charge in [-0.05, 0) is 48.4 Å². The normalized spacial score (nSPS) is 16.2. The Kier molecular flexibility index (Phi) is 6.39. The number of hydrogen-bond donors (Lipinski definition) is 1. The van der Waals surface area contributed by atoms with E-state index in [1.165, 1.54) is 11.8 Å². The van der Waals surface area contributed by atoms with Crippen molar-refractivity contribution in [2.45, 2.75) is 13.5 Å². The van der Waals surface area contributed by atoms with E-state index in [1.807, 2.05) is 91.3 Å². The van der Waals surface area contributed by atoms with Gasteiger partial charge in [-0.1, -0.05) is 71.9 Å². The van der Waals surface area contributed by atoms with Crippen molar-refractivity contribution in [3.05, 3.63) is 112 Å². The largest absolute Gasteiger partial charge is 0.492 e. The van der Waals surface area contributed by atoms with Crippen LogP contribution < -0.4 is 4.74 Å². The highest BCUT2D eigenvalue weighted by Crippen LogP contribution is 2.37. The fourth-order valence-corrected chi connectivity index (χ4v) is 5.62. The summed E-state index contributed by atoms with van der Waals surface area (Å²) in [6, 6.07) is 23.5. The van der Waals surface area contributed by atoms with E-state index in [4.69, 9.17) is 21.7 Å². The number of rotatable bonds is 6. The Balaban J connectivity index is 1.29. The molecule has 0 fully saturated rings. The molecule has 0 radical (unpaired) electrons. The van der Waals surface area contributed by atoms with E-state index in [-0.39, 0.29) is 11.4 Å². The van der Waals surface area contributed by atoms with E-state index >= 15 is 0 Å². The van der Waals surface area contributed by atoms with Crippen molar-refractivity contribution in [1.82, 2.24) is 9.47 Å². The molecule has 1 aromatic heterocycles. The van der Waals surface area contributed by atoms with E-state index in [2.05, 4.69) is 9.56 Å². The number of para-hydroxylation sites is 1. The number of carbonyl (C=O) groups is 1. The van der Waals surface area contributed by atoms with Crippen LogP contribution in [-0.4, -0.2) is 33.0 Å². The van der Waals surface area contributed by atoms with Crippen LogP contribution in [0.5, 0.6) is 5.75 Å². The van der Waals surface area contributed by atoms with Crippen LogP contribution in [0.2, 0.25) is 5.02 Å². The molecule has 0 saturated carbocycles. The van der Waals surface area contributed by atoms with Crippen molar-refractivity contribution < 1.29 is 9.53 Å². The number of ether oxygens (including phenoxy) is 1. The molecule has 4 aromatic rings. The van der Waals surface area contributed by atoms with Gasteiger partial charge in [0.15, 0.2) is 5.17 Å². The Hall–Kier alpha value is -4.07. The molecule has 0 saturated heterocycles. The van der Waals surface area contributed by atoms with Crippen molar-refractivity contribution in [3.8, 4) is 5.75 Å². The molecule has 3 heterocycles. The lowest BCUT2D eigenvalue weighted by molar-refractivity contribution is -0.114. The van der Waals surface area contributed by atoms with Gasteiger partial charge in [-0.3, -0.25) is 15.1 Å². The summed E-state index contributed by atoms with van der Waals surface area (Å²) in [6.45, 7) is 3.03. The number of hydrogen-bond acceptors (Lipinski definition) is 4. The number of halogens is 1. The molecule has 2 aliphatic rings. The van der Waals surface area contributed by atoms with Gasteiger partial charge in [-0.25, -0.2) is 0 Å². The quantitative estimate of drug-likeness (QED) is 0.269. The SMILES string of the molecule is Cc1cc(OCCn2cc(/C=C3/C(=N)N4C(c5ccccc5)=CSC4=NC3=O)c3ccccc32)ccc1Cl. The number of nitrogens with zero attached hydrogens (tertiary/aromatic N) is 3. The van der Waals surface area contributed by atoms with Crippen molar-refractivity contribution >= 4 is 62.9 Å². The lowest BCUT2D eigenvalue weighted by Gasteiger charge is -2.26. The predicted octanol–water partition coefficient (Wildman–Crippen LogP) is 6.99. The molecule has 0 atom stereocenters. The average molecular weight is 539 g/mol. The van der Waals surface area contributed by atoms with Gasteiger partial charge in [0.1, 0.15) is 18.2 Å². The van der Waals surface area contributed by atoms with Crippen LogP contribution >= 0.6 is 23.4 Å². The van der Waals surface area contributed by atoms with Gasteiger partial charge in [0.2, 0.25) is 0 Å². The van der Waals surface area contributed by atoms with E-state index in [0.717, 1.165) is 39.0 Å². The highest BCUT2D eigenvalue weighted by molar-refractivity contribution is 8.17. The van der Waals surface area contributed by atoms with Crippen LogP contribution in [-0.2, 0) is 11.3 Å². The number of aliphatic imine (C=N–C) groups is 1. The molecule has 0 bridgehead atoms. The number of aryl methyl sites for hydroxylation is 1. The summed E-state index contributed by atoms with van der Waals surface area (Å²) in [5.41, 5.74) is 4.92. The van der Waals surface area contributed by atoms with Crippen LogP contribution in [0.1, 0.15) is 16.7 Å². The van der Waals surface area contributed by atoms with Gasteiger partial charge < -0.3 is 9.30 Å². The minimum atomic E-state index is -0.408. The summed E-state index contributed by atoms with van der Waals surface area (Å²) in [7, 11) is 0. The van der Waals surface area contributed by atoms with E-state index < -0.39 is 5.91 Å². The molecule has 2 aliphatic heterocycles. The molecular weight excluding hydrogens is 516 g/mol. The zero-order chi connectivity index (χ0) is 26.2. The number of aromatic nitrogens is 1. The highest BCUT2D eigenvalue weighted by Gasteiger charge is 2.36. The first-order valence-electron chi connectivity index (χ1n) is 12.1. The molecule has 188 valence electrons. The Bertz CT molecular complexity index is 1690. The van der Waals surface area contributed by atoms with E-state index in [9.17, 15) is 4.79 Å². The maximum Gasteiger partial charge on any atom is 0.283 e. The zero-order valence-electron chi connectivity index (χ0n) is 20.5. The smallest absolute Gasteiger partial charge is 0.283 e. The molecule has 1 N–H and O–H groups in total. The number of fused-ring (bicyclic) bond motifs is 2. The van der Waals surface area contributed by atoms with Crippen molar-refractivity contribution in [1.29, 1.82) is 5.41 Å². The Morgan fingerprint density at radius 3 is 2.68 bits per heavy atom. The molecule has 0 aliphatic carbocycles. The number of amides is 1. The van der Waals surface area contributed by atoms with Crippen molar-refractivity contribution in [3.63, 3.8) is 0 Å². The fraction of sp³-hybridized carbons (Fsp3) is 0.100. The first-order valence-corrected chi connectivity index (χ1v) is 13.4. The number of carbonyl (C=O) groups excluding carboxylic acids is 1. The second kappa shape index (κ2) is 10.0. The average Bonchev–Trinajstić information content (AvgIpc) is 3.51. The summed E-state index contributed by atoms with van der Waals surface area (Å²) in [6.07, 6.45) is 3.78. The molecule has 6 nitrogen and oxygen atoms in total. The Morgan fingerprint density at radius 1 is 1.08 bits per heavy atom. The summed E-state index contributed by atoms with van der Waals surface area (Å²) < 4.78 is 8.08. The highest BCUT2D eigenvalue weighted by atomic mass is 35.5. The van der Waals surface area contributed by atoms with Gasteiger partial charge in [0, 0.05) is 33.1 Å². The van der Waals surface area contributed by atoms with Crippen LogP contribution in [0.4, 0.5) is 0 Å². The summed E-state index contributed by atoms with van der Waals surface area (Å²) >= 11 is 7.49. The molecule has 0 unspecified atom stereocenters. The zero-order valence-corrected chi connectivity index (χ0v) is 22.1. The third-order valence-corrected chi connectivity index (χ3v) is 7.78. The fourth-order valence-electron chi connectivity index (χ4n) is 4.61. The van der Waals surface area contributed by atoms with Gasteiger partial charge in [0.25, 0.3) is 5.91 Å². The third-order valence-electron chi connectivity index (χ3n) is 6.53. The first kappa shape index (κ1) is 24.3. The number of thioether (sulfide) groups is 1. The van der Waals surface area contributed by atoms with Crippen LogP contribution in [0.3, 0.4) is 0 Å². The molecule has 0 spiro atoms. The lowest BCUT2D eigenvalue weighted by Crippen LogP contribution is -2.38. The van der Waals surface area contributed by atoms with Crippen LogP contribution in [0, 0.1) is 12.3 Å². The second-order valence-corrected chi connectivity index (χ2v) is 10.2. The summed E-state index contributed by atoms with van der Waals surface area (Å²) in [5.74, 6) is 0.486. The summed E-state index contributed by atoms with van der Waals surface area (Å²) in [5, 5.41) is 13.1. The van der Waals surface area contributed by atoms with Gasteiger partial charge in [-0.2, -0.15) is 4.99 Å². The van der Waals surface area contributed by atoms with Gasteiger partial charge in [0.05, 0.1) is 17.8 Å². The van der Waals surface area contributed by atoms with E-state index in [1.54, 1.807) is 11.0 Å². The number of amidine groups is 2. The van der Waals surface area contributed by atoms with Crippen molar-refractivity contribution in [2.75, 3.05) is 6.61 Å². The maximum absolute atomic E-state index is 13.0. The standard InChI is InChI=1S/C30H23ClN4O2S/c1-19-15-22(11-12-25(19)31)37-14-13-34-17-21(23-9-5-6-10-26(23)34)16-24-28(32)35-27(20-7-3-2-4-8-20)18-38-30(35)33-29(24)36/h2-12,15-18,32H,13-14H2,1H3/b24-16-,32-28?. The van der Waals surface area contributed by atoms with Crippen LogP contribution in [0.25, 0.3) is 22.7 Å². The molecule has 8 heteroatoms. The monoisotopic (exact) mass is 538 g/mol. The number of nitrogens with one attached hydrogen (secondary N) is 1. The van der Waals surface area contributed by atoms with E-state index in [0.29, 0.717) is 23.3 Å². The minimum Gasteiger partial charge on any atom is -0.492 e. The summed E-state index contributed by atoms with van der Waals surface area (Å²) in [4.78, 5) is 19.1. The maximum atomic E-state index is 13.0. The molecule has 3 aromatic carbocycles. The molecule has 1 amide bonds. The third kappa shape index (κ3) is 4.44. The Morgan fingerprint density at radius 2 is 1.87 bits per heavy atom. The Labute approximate surface area is 229 Å². The minimum absolute atomic E-state index is 0.123. The molecule has 38 heavy (non-hydrogen) atoms. The lowest BCUT2D eigenvalue weighted by atomic mass is 10.1. The van der Waals surface area contributed by atoms with Gasteiger partial charge in [-0.15, -0.1) is 0 Å².